The Hall–Kier alpha value is -1.63. The molecule has 110 valence electrons. The Balaban J connectivity index is 2.28. The van der Waals surface area contributed by atoms with Crippen molar-refractivity contribution in [1.82, 2.24) is 10.6 Å². The van der Waals surface area contributed by atoms with E-state index in [0.29, 0.717) is 24.0 Å². The molecule has 0 saturated heterocycles. The van der Waals surface area contributed by atoms with E-state index in [0.717, 1.165) is 0 Å². The summed E-state index contributed by atoms with van der Waals surface area (Å²) in [7, 11) is 0. The van der Waals surface area contributed by atoms with Crippen LogP contribution in [-0.2, 0) is 4.74 Å². The van der Waals surface area contributed by atoms with E-state index in [1.54, 1.807) is 6.07 Å². The monoisotopic (exact) mass is 346 g/mol. The van der Waals surface area contributed by atoms with Crippen LogP contribution in [0.1, 0.15) is 23.7 Å². The molecule has 0 aliphatic rings. The van der Waals surface area contributed by atoms with Crippen molar-refractivity contribution in [3.05, 3.63) is 34.1 Å². The molecule has 0 heterocycles. The van der Waals surface area contributed by atoms with E-state index in [1.165, 1.54) is 12.1 Å². The van der Waals surface area contributed by atoms with E-state index in [2.05, 4.69) is 26.6 Å². The lowest BCUT2D eigenvalue weighted by atomic mass is 10.2. The van der Waals surface area contributed by atoms with Crippen molar-refractivity contribution < 1.29 is 18.7 Å². The molecule has 7 heteroatoms. The summed E-state index contributed by atoms with van der Waals surface area (Å²) in [6, 6.07) is 3.86. The van der Waals surface area contributed by atoms with Gasteiger partial charge in [-0.3, -0.25) is 0 Å². The fourth-order valence-corrected chi connectivity index (χ4v) is 1.73. The van der Waals surface area contributed by atoms with Crippen LogP contribution in [0.25, 0.3) is 0 Å². The van der Waals surface area contributed by atoms with Crippen LogP contribution in [-0.4, -0.2) is 31.7 Å². The molecule has 2 N–H and O–H groups in total. The predicted octanol–water partition coefficient (Wildman–Crippen LogP) is 2.45. The van der Waals surface area contributed by atoms with E-state index in [4.69, 9.17) is 4.74 Å². The first-order valence-corrected chi connectivity index (χ1v) is 6.97. The molecule has 5 nitrogen and oxygen atoms in total. The summed E-state index contributed by atoms with van der Waals surface area (Å²) in [5, 5.41) is 5.17. The van der Waals surface area contributed by atoms with Crippen molar-refractivity contribution >= 4 is 27.9 Å². The van der Waals surface area contributed by atoms with Crippen LogP contribution >= 0.6 is 15.9 Å². The van der Waals surface area contributed by atoms with Gasteiger partial charge >= 0.3 is 12.0 Å². The quantitative estimate of drug-likeness (QED) is 0.614. The van der Waals surface area contributed by atoms with Gasteiger partial charge in [-0.05, 0) is 31.5 Å². The van der Waals surface area contributed by atoms with Crippen molar-refractivity contribution in [2.24, 2.45) is 0 Å². The third-order valence-electron chi connectivity index (χ3n) is 2.33. The zero-order valence-electron chi connectivity index (χ0n) is 11.0. The number of esters is 1. The molecule has 0 bridgehead atoms. The van der Waals surface area contributed by atoms with Crippen molar-refractivity contribution in [2.45, 2.75) is 13.3 Å². The molecule has 0 spiro atoms. The number of nitrogens with one attached hydrogen (secondary N) is 2. The van der Waals surface area contributed by atoms with Crippen molar-refractivity contribution in [1.29, 1.82) is 0 Å². The Bertz CT molecular complexity index is 483. The normalized spacial score (nSPS) is 9.95. The van der Waals surface area contributed by atoms with Crippen molar-refractivity contribution in [3.8, 4) is 0 Å². The van der Waals surface area contributed by atoms with Gasteiger partial charge in [-0.25, -0.2) is 14.0 Å². The molecule has 2 amide bonds. The van der Waals surface area contributed by atoms with Crippen LogP contribution in [0.15, 0.2) is 22.7 Å². The Morgan fingerprint density at radius 1 is 1.35 bits per heavy atom. The minimum absolute atomic E-state index is 0.107. The predicted molar refractivity (Wildman–Crippen MR) is 76.1 cm³/mol. The van der Waals surface area contributed by atoms with Crippen LogP contribution in [0.5, 0.6) is 0 Å². The highest BCUT2D eigenvalue weighted by Crippen LogP contribution is 2.16. The molecule has 1 rings (SSSR count). The number of urea groups is 1. The van der Waals surface area contributed by atoms with Gasteiger partial charge < -0.3 is 15.4 Å². The zero-order valence-corrected chi connectivity index (χ0v) is 12.6. The molecule has 0 atom stereocenters. The Morgan fingerprint density at radius 3 is 2.75 bits per heavy atom. The summed E-state index contributed by atoms with van der Waals surface area (Å²) in [5.41, 5.74) is -0.107. The van der Waals surface area contributed by atoms with Gasteiger partial charge in [-0.15, -0.1) is 0 Å². The number of hydrogen-bond acceptors (Lipinski definition) is 3. The van der Waals surface area contributed by atoms with Gasteiger partial charge in [-0.1, -0.05) is 15.9 Å². The van der Waals surface area contributed by atoms with Gasteiger partial charge in [0.25, 0.3) is 0 Å². The van der Waals surface area contributed by atoms with Gasteiger partial charge in [0.1, 0.15) is 5.82 Å². The first-order valence-electron chi connectivity index (χ1n) is 6.18. The molecule has 0 radical (unpaired) electrons. The van der Waals surface area contributed by atoms with Crippen molar-refractivity contribution in [2.75, 3.05) is 19.7 Å². The molecule has 0 aliphatic heterocycles. The van der Waals surface area contributed by atoms with Gasteiger partial charge in [0.15, 0.2) is 0 Å². The maximum atomic E-state index is 13.5. The highest BCUT2D eigenvalue weighted by Gasteiger charge is 2.13. The minimum atomic E-state index is -0.715. The van der Waals surface area contributed by atoms with Crippen LogP contribution < -0.4 is 10.6 Å². The Morgan fingerprint density at radius 2 is 2.10 bits per heavy atom. The van der Waals surface area contributed by atoms with Crippen LogP contribution in [0, 0.1) is 5.82 Å². The number of rotatable bonds is 6. The van der Waals surface area contributed by atoms with Crippen molar-refractivity contribution in [3.63, 3.8) is 0 Å². The maximum Gasteiger partial charge on any atom is 0.341 e. The summed E-state index contributed by atoms with van der Waals surface area (Å²) in [4.78, 5) is 22.7. The highest BCUT2D eigenvalue weighted by atomic mass is 79.9. The number of carbonyl (C=O) groups excluding carboxylic acids is 2. The van der Waals surface area contributed by atoms with Gasteiger partial charge in [0, 0.05) is 17.6 Å². The summed E-state index contributed by atoms with van der Waals surface area (Å²) < 4.78 is 18.9. The summed E-state index contributed by atoms with van der Waals surface area (Å²) in [6.45, 7) is 2.85. The lowest BCUT2D eigenvalue weighted by Gasteiger charge is -2.07. The molecule has 0 unspecified atom stereocenters. The fraction of sp³-hybridized carbons (Fsp3) is 0.385. The third kappa shape index (κ3) is 5.56. The van der Waals surface area contributed by atoms with Crippen LogP contribution in [0.2, 0.25) is 0 Å². The smallest absolute Gasteiger partial charge is 0.341 e. The topological polar surface area (TPSA) is 67.4 Å². The average Bonchev–Trinajstić information content (AvgIpc) is 2.38. The number of carbonyl (C=O) groups is 2. The molecule has 0 fully saturated rings. The second-order valence-electron chi connectivity index (χ2n) is 3.90. The number of benzene rings is 1. The van der Waals surface area contributed by atoms with E-state index in [1.807, 2.05) is 6.92 Å². The number of hydrogen-bond donors (Lipinski definition) is 2. The van der Waals surface area contributed by atoms with E-state index in [-0.39, 0.29) is 18.2 Å². The van der Waals surface area contributed by atoms with Crippen LogP contribution in [0.3, 0.4) is 0 Å². The van der Waals surface area contributed by atoms with Gasteiger partial charge in [0.2, 0.25) is 0 Å². The molecular formula is C13H16BrFN2O3. The second-order valence-corrected chi connectivity index (χ2v) is 4.82. The first kappa shape index (κ1) is 16.4. The second kappa shape index (κ2) is 8.52. The largest absolute Gasteiger partial charge is 0.462 e. The Kier molecular flexibility index (Phi) is 7.00. The number of amides is 2. The van der Waals surface area contributed by atoms with Crippen LogP contribution in [0.4, 0.5) is 9.18 Å². The summed E-state index contributed by atoms with van der Waals surface area (Å²) >= 11 is 3.11. The zero-order chi connectivity index (χ0) is 15.0. The third-order valence-corrected chi connectivity index (χ3v) is 2.82. The summed E-state index contributed by atoms with van der Waals surface area (Å²) in [6.07, 6.45) is 0.459. The molecule has 20 heavy (non-hydrogen) atoms. The molecule has 1 aromatic carbocycles. The average molecular weight is 347 g/mol. The van der Waals surface area contributed by atoms with E-state index < -0.39 is 11.8 Å². The number of halogens is 2. The van der Waals surface area contributed by atoms with E-state index in [9.17, 15) is 14.0 Å². The highest BCUT2D eigenvalue weighted by molar-refractivity contribution is 9.10. The lowest BCUT2D eigenvalue weighted by Crippen LogP contribution is -2.36. The molecule has 0 saturated carbocycles. The Labute approximate surface area is 125 Å². The van der Waals surface area contributed by atoms with Gasteiger partial charge in [0.05, 0.1) is 12.2 Å². The summed E-state index contributed by atoms with van der Waals surface area (Å²) in [5.74, 6) is -1.35. The number of ether oxygens (including phenoxy) is 1. The first-order chi connectivity index (χ1) is 9.54. The fourth-order valence-electron chi connectivity index (χ4n) is 1.39. The SMILES string of the molecule is CCNC(=O)NCCCOC(=O)c1ccc(Br)cc1F. The molecule has 0 aromatic heterocycles. The lowest BCUT2D eigenvalue weighted by molar-refractivity contribution is 0.0496. The van der Waals surface area contributed by atoms with Gasteiger partial charge in [-0.2, -0.15) is 0 Å². The molecule has 1 aromatic rings. The minimum Gasteiger partial charge on any atom is -0.462 e. The standard InChI is InChI=1S/C13H16BrFN2O3/c1-2-16-13(19)17-6-3-7-20-12(18)10-5-4-9(14)8-11(10)15/h4-5,8H,2-3,6-7H2,1H3,(H2,16,17,19). The molecule has 0 aliphatic carbocycles. The maximum absolute atomic E-state index is 13.5. The van der Waals surface area contributed by atoms with E-state index >= 15 is 0 Å². The molecular weight excluding hydrogens is 331 g/mol.